The lowest BCUT2D eigenvalue weighted by atomic mass is 10.0. The molecule has 3 N–H and O–H groups in total. The fourth-order valence-corrected chi connectivity index (χ4v) is 1.38. The number of aryl methyl sites for hydroxylation is 1. The Labute approximate surface area is 95.7 Å². The molecule has 0 heterocycles. The van der Waals surface area contributed by atoms with Crippen LogP contribution in [0.5, 0.6) is 0 Å². The van der Waals surface area contributed by atoms with E-state index < -0.39 is 0 Å². The molecule has 1 atom stereocenters. The Morgan fingerprint density at radius 1 is 1.47 bits per heavy atom. The Balaban J connectivity index is 0.00000196. The monoisotopic (exact) mass is 233 g/mol. The van der Waals surface area contributed by atoms with Gasteiger partial charge < -0.3 is 10.8 Å². The fraction of sp³-hybridized carbons (Fsp3) is 0.455. The first-order valence-corrected chi connectivity index (χ1v) is 4.77. The molecule has 15 heavy (non-hydrogen) atoms. The van der Waals surface area contributed by atoms with Crippen LogP contribution in [0.2, 0.25) is 0 Å². The summed E-state index contributed by atoms with van der Waals surface area (Å²) in [5, 5.41) is 8.65. The fourth-order valence-electron chi connectivity index (χ4n) is 1.38. The minimum Gasteiger partial charge on any atom is -0.396 e. The molecule has 86 valence electrons. The third-order valence-corrected chi connectivity index (χ3v) is 2.28. The van der Waals surface area contributed by atoms with Crippen molar-refractivity contribution in [1.29, 1.82) is 0 Å². The van der Waals surface area contributed by atoms with Gasteiger partial charge in [0.2, 0.25) is 0 Å². The molecule has 0 aromatic heterocycles. The van der Waals surface area contributed by atoms with Crippen LogP contribution in [0.3, 0.4) is 0 Å². The molecule has 0 saturated heterocycles. The zero-order valence-electron chi connectivity index (χ0n) is 8.74. The highest BCUT2D eigenvalue weighted by Gasteiger charge is 2.07. The number of aliphatic hydroxyl groups excluding tert-OH is 1. The molecule has 0 bridgehead atoms. The highest BCUT2D eigenvalue weighted by Crippen LogP contribution is 2.18. The van der Waals surface area contributed by atoms with Gasteiger partial charge in [-0.2, -0.15) is 0 Å². The van der Waals surface area contributed by atoms with Crippen LogP contribution in [-0.2, 0) is 0 Å². The summed E-state index contributed by atoms with van der Waals surface area (Å²) in [6, 6.07) is 4.78. The molecule has 1 aromatic rings. The molecule has 0 unspecified atom stereocenters. The van der Waals surface area contributed by atoms with Crippen molar-refractivity contribution in [3.05, 3.63) is 35.1 Å². The first-order chi connectivity index (χ1) is 6.65. The van der Waals surface area contributed by atoms with Gasteiger partial charge in [-0.25, -0.2) is 4.39 Å². The zero-order chi connectivity index (χ0) is 10.6. The Kier molecular flexibility index (Phi) is 6.48. The molecule has 0 aliphatic heterocycles. The summed E-state index contributed by atoms with van der Waals surface area (Å²) in [4.78, 5) is 0. The summed E-state index contributed by atoms with van der Waals surface area (Å²) in [6.45, 7) is 1.87. The van der Waals surface area contributed by atoms with Gasteiger partial charge in [0.25, 0.3) is 0 Å². The second-order valence-corrected chi connectivity index (χ2v) is 3.48. The molecular weight excluding hydrogens is 217 g/mol. The van der Waals surface area contributed by atoms with Crippen LogP contribution in [0.15, 0.2) is 18.2 Å². The van der Waals surface area contributed by atoms with Crippen LogP contribution in [0, 0.1) is 12.7 Å². The SMILES string of the molecule is Cc1cc([C@@H](N)CCCO)ccc1F.Cl. The Hall–Kier alpha value is -0.640. The van der Waals surface area contributed by atoms with Crippen molar-refractivity contribution >= 4 is 12.4 Å². The van der Waals surface area contributed by atoms with Gasteiger partial charge in [-0.15, -0.1) is 12.4 Å². The molecule has 4 heteroatoms. The first kappa shape index (κ1) is 14.4. The quantitative estimate of drug-likeness (QED) is 0.839. The minimum absolute atomic E-state index is 0. The number of rotatable bonds is 4. The summed E-state index contributed by atoms with van der Waals surface area (Å²) < 4.78 is 12.9. The van der Waals surface area contributed by atoms with Crippen LogP contribution in [0.1, 0.15) is 30.0 Å². The van der Waals surface area contributed by atoms with Crippen molar-refractivity contribution in [2.45, 2.75) is 25.8 Å². The van der Waals surface area contributed by atoms with Crippen molar-refractivity contribution in [1.82, 2.24) is 0 Å². The third kappa shape index (κ3) is 4.16. The lowest BCUT2D eigenvalue weighted by molar-refractivity contribution is 0.280. The van der Waals surface area contributed by atoms with E-state index in [1.807, 2.05) is 0 Å². The Bertz CT molecular complexity index is 307. The van der Waals surface area contributed by atoms with E-state index in [0.29, 0.717) is 12.0 Å². The second-order valence-electron chi connectivity index (χ2n) is 3.48. The molecule has 0 saturated carbocycles. The smallest absolute Gasteiger partial charge is 0.126 e. The number of hydrogen-bond acceptors (Lipinski definition) is 2. The molecule has 0 aliphatic rings. The largest absolute Gasteiger partial charge is 0.396 e. The molecule has 0 radical (unpaired) electrons. The van der Waals surface area contributed by atoms with Gasteiger partial charge in [0.15, 0.2) is 0 Å². The van der Waals surface area contributed by atoms with Gasteiger partial charge in [0, 0.05) is 12.6 Å². The van der Waals surface area contributed by atoms with Crippen molar-refractivity contribution in [2.24, 2.45) is 5.73 Å². The van der Waals surface area contributed by atoms with Gasteiger partial charge in [-0.3, -0.25) is 0 Å². The number of benzene rings is 1. The van der Waals surface area contributed by atoms with E-state index in [1.54, 1.807) is 19.1 Å². The second kappa shape index (κ2) is 6.77. The van der Waals surface area contributed by atoms with Gasteiger partial charge in [-0.1, -0.05) is 12.1 Å². The first-order valence-electron chi connectivity index (χ1n) is 4.77. The number of halogens is 2. The minimum atomic E-state index is -0.205. The van der Waals surface area contributed by atoms with E-state index in [2.05, 4.69) is 0 Å². The number of aliphatic hydroxyl groups is 1. The standard InChI is InChI=1S/C11H16FNO.ClH/c1-8-7-9(4-5-10(8)12)11(13)3-2-6-14;/h4-5,7,11,14H,2-3,6,13H2,1H3;1H/t11-;/m0./s1. The van der Waals surface area contributed by atoms with E-state index in [4.69, 9.17) is 10.8 Å². The van der Waals surface area contributed by atoms with Crippen molar-refractivity contribution < 1.29 is 9.50 Å². The van der Waals surface area contributed by atoms with Gasteiger partial charge >= 0.3 is 0 Å². The van der Waals surface area contributed by atoms with Gasteiger partial charge in [0.1, 0.15) is 5.82 Å². The Morgan fingerprint density at radius 3 is 2.67 bits per heavy atom. The van der Waals surface area contributed by atoms with Crippen molar-refractivity contribution in [2.75, 3.05) is 6.61 Å². The van der Waals surface area contributed by atoms with E-state index in [0.717, 1.165) is 12.0 Å². The maximum Gasteiger partial charge on any atom is 0.126 e. The molecular formula is C11H17ClFNO. The summed E-state index contributed by atoms with van der Waals surface area (Å²) in [7, 11) is 0. The van der Waals surface area contributed by atoms with Gasteiger partial charge in [-0.05, 0) is 37.0 Å². The highest BCUT2D eigenvalue weighted by atomic mass is 35.5. The third-order valence-electron chi connectivity index (χ3n) is 2.28. The maximum absolute atomic E-state index is 12.9. The van der Waals surface area contributed by atoms with E-state index in [-0.39, 0.29) is 30.9 Å². The summed E-state index contributed by atoms with van der Waals surface area (Å²) in [5.74, 6) is -0.205. The molecule has 0 aliphatic carbocycles. The molecule has 2 nitrogen and oxygen atoms in total. The lowest BCUT2D eigenvalue weighted by Crippen LogP contribution is -2.11. The van der Waals surface area contributed by atoms with E-state index in [1.165, 1.54) is 6.07 Å². The van der Waals surface area contributed by atoms with Crippen molar-refractivity contribution in [3.63, 3.8) is 0 Å². The topological polar surface area (TPSA) is 46.2 Å². The number of hydrogen-bond donors (Lipinski definition) is 2. The molecule has 0 amide bonds. The summed E-state index contributed by atoms with van der Waals surface area (Å²) in [6.07, 6.45) is 1.40. The van der Waals surface area contributed by atoms with E-state index >= 15 is 0 Å². The Morgan fingerprint density at radius 2 is 2.13 bits per heavy atom. The summed E-state index contributed by atoms with van der Waals surface area (Å²) in [5.41, 5.74) is 7.41. The molecule has 0 spiro atoms. The number of nitrogens with two attached hydrogens (primary N) is 1. The summed E-state index contributed by atoms with van der Waals surface area (Å²) >= 11 is 0. The predicted molar refractivity (Wildman–Crippen MR) is 61.6 cm³/mol. The maximum atomic E-state index is 12.9. The average molecular weight is 234 g/mol. The van der Waals surface area contributed by atoms with Gasteiger partial charge in [0.05, 0.1) is 0 Å². The normalized spacial score (nSPS) is 12.0. The zero-order valence-corrected chi connectivity index (χ0v) is 9.56. The molecule has 1 aromatic carbocycles. The lowest BCUT2D eigenvalue weighted by Gasteiger charge is -2.11. The average Bonchev–Trinajstić information content (AvgIpc) is 2.18. The van der Waals surface area contributed by atoms with Crippen LogP contribution >= 0.6 is 12.4 Å². The van der Waals surface area contributed by atoms with Crippen molar-refractivity contribution in [3.8, 4) is 0 Å². The molecule has 0 fully saturated rings. The highest BCUT2D eigenvalue weighted by molar-refractivity contribution is 5.85. The van der Waals surface area contributed by atoms with Crippen LogP contribution in [-0.4, -0.2) is 11.7 Å². The van der Waals surface area contributed by atoms with E-state index in [9.17, 15) is 4.39 Å². The van der Waals surface area contributed by atoms with Crippen LogP contribution in [0.4, 0.5) is 4.39 Å². The molecule has 1 rings (SSSR count). The van der Waals surface area contributed by atoms with Crippen LogP contribution in [0.25, 0.3) is 0 Å². The van der Waals surface area contributed by atoms with Crippen LogP contribution < -0.4 is 5.73 Å². The predicted octanol–water partition coefficient (Wildman–Crippen LogP) is 2.33.